The second-order valence-corrected chi connectivity index (χ2v) is 6.29. The van der Waals surface area contributed by atoms with Crippen molar-refractivity contribution in [2.24, 2.45) is 10.8 Å². The predicted molar refractivity (Wildman–Crippen MR) is 107 cm³/mol. The molecule has 1 aliphatic heterocycles. The summed E-state index contributed by atoms with van der Waals surface area (Å²) in [5.41, 5.74) is 9.04. The van der Waals surface area contributed by atoms with E-state index in [2.05, 4.69) is 37.5 Å². The van der Waals surface area contributed by atoms with E-state index in [0.29, 0.717) is 12.0 Å². The number of nitrogens with zero attached hydrogens (tertiary/aromatic N) is 5. The number of carbonyl (C=O) groups is 1. The number of hydrogen-bond donors (Lipinski definition) is 3. The van der Waals surface area contributed by atoms with Crippen LogP contribution < -0.4 is 16.5 Å². The highest BCUT2D eigenvalue weighted by atomic mass is 16.5. The quantitative estimate of drug-likeness (QED) is 0.261. The molecule has 2 aromatic rings. The van der Waals surface area contributed by atoms with E-state index in [1.807, 2.05) is 10.9 Å². The summed E-state index contributed by atoms with van der Waals surface area (Å²) in [5, 5.41) is 11.5. The monoisotopic (exact) mass is 384 g/mol. The van der Waals surface area contributed by atoms with Crippen molar-refractivity contribution in [1.82, 2.24) is 19.7 Å². The van der Waals surface area contributed by atoms with Crippen LogP contribution in [0.2, 0.25) is 0 Å². The second kappa shape index (κ2) is 9.60. The number of nitrogens with one attached hydrogen (secondary N) is 2. The van der Waals surface area contributed by atoms with Crippen LogP contribution in [0.1, 0.15) is 42.1 Å². The fourth-order valence-corrected chi connectivity index (χ4v) is 2.75. The lowest BCUT2D eigenvalue weighted by Gasteiger charge is -2.22. The smallest absolute Gasteiger partial charge is 0.254 e. The third-order valence-electron chi connectivity index (χ3n) is 4.24. The molecule has 1 amide bonds. The molecule has 0 atom stereocenters. The van der Waals surface area contributed by atoms with Gasteiger partial charge in [-0.2, -0.15) is 15.2 Å². The summed E-state index contributed by atoms with van der Waals surface area (Å²) in [7, 11) is 0. The number of carbonyl (C=O) groups excluding carboxylic acids is 1. The molecule has 0 unspecified atom stereocenters. The van der Waals surface area contributed by atoms with Crippen LogP contribution in [0, 0.1) is 0 Å². The van der Waals surface area contributed by atoms with Gasteiger partial charge in [0.2, 0.25) is 5.95 Å². The van der Waals surface area contributed by atoms with Gasteiger partial charge in [-0.05, 0) is 25.7 Å². The molecule has 1 aliphatic rings. The standard InChI is InChI=1S/C18H24N8O2/c1-2-3-4-7-21-25-17-15(16(19)27)11-20-18(24-17)23-13-10-22-26(12-13)14-5-8-28-9-6-14/h2,7,10-12,14H,1,3-6,8-9H2,(H2,19,27)(H2,20,23,24,25)/b21-7+. The molecule has 1 saturated heterocycles. The molecule has 148 valence electrons. The summed E-state index contributed by atoms with van der Waals surface area (Å²) in [4.78, 5) is 20.1. The Kier molecular flexibility index (Phi) is 6.68. The number of hydrazone groups is 1. The van der Waals surface area contributed by atoms with Gasteiger partial charge in [0.25, 0.3) is 5.91 Å². The third-order valence-corrected chi connectivity index (χ3v) is 4.24. The Balaban J connectivity index is 1.70. The normalized spacial score (nSPS) is 14.9. The topological polar surface area (TPSA) is 132 Å². The van der Waals surface area contributed by atoms with Gasteiger partial charge in [0, 0.05) is 31.8 Å². The van der Waals surface area contributed by atoms with E-state index < -0.39 is 5.91 Å². The highest BCUT2D eigenvalue weighted by Crippen LogP contribution is 2.23. The molecule has 0 spiro atoms. The van der Waals surface area contributed by atoms with Crippen LogP contribution in [-0.2, 0) is 4.74 Å². The minimum absolute atomic E-state index is 0.157. The SMILES string of the molecule is C=CCC/C=N/Nc1nc(Nc2cnn(C3CCOCC3)c2)ncc1C(N)=O. The van der Waals surface area contributed by atoms with E-state index in [0.717, 1.165) is 44.6 Å². The summed E-state index contributed by atoms with van der Waals surface area (Å²) in [6.45, 7) is 5.14. The number of unbranched alkanes of at least 4 members (excludes halogenated alkanes) is 1. The maximum absolute atomic E-state index is 11.6. The van der Waals surface area contributed by atoms with Crippen LogP contribution in [0.3, 0.4) is 0 Å². The molecule has 2 aromatic heterocycles. The minimum atomic E-state index is -0.636. The number of ether oxygens (including phenoxy) is 1. The number of rotatable bonds is 9. The Hall–Kier alpha value is -3.27. The molecule has 0 radical (unpaired) electrons. The lowest BCUT2D eigenvalue weighted by Crippen LogP contribution is -2.19. The molecule has 10 heteroatoms. The van der Waals surface area contributed by atoms with Gasteiger partial charge in [0.05, 0.1) is 17.9 Å². The summed E-state index contributed by atoms with van der Waals surface area (Å²) in [6.07, 6.45) is 11.9. The zero-order valence-electron chi connectivity index (χ0n) is 15.5. The van der Waals surface area contributed by atoms with Crippen LogP contribution in [0.25, 0.3) is 0 Å². The molecule has 0 aliphatic carbocycles. The first kappa shape index (κ1) is 19.5. The van der Waals surface area contributed by atoms with Crippen LogP contribution in [-0.4, -0.2) is 45.1 Å². The van der Waals surface area contributed by atoms with Crippen molar-refractivity contribution in [1.29, 1.82) is 0 Å². The van der Waals surface area contributed by atoms with E-state index in [4.69, 9.17) is 10.5 Å². The molecule has 28 heavy (non-hydrogen) atoms. The van der Waals surface area contributed by atoms with Gasteiger partial charge in [-0.3, -0.25) is 14.9 Å². The van der Waals surface area contributed by atoms with Crippen molar-refractivity contribution < 1.29 is 9.53 Å². The molecule has 0 aromatic carbocycles. The van der Waals surface area contributed by atoms with Crippen LogP contribution in [0.4, 0.5) is 17.5 Å². The number of anilines is 3. The van der Waals surface area contributed by atoms with Gasteiger partial charge in [0.15, 0.2) is 5.82 Å². The second-order valence-electron chi connectivity index (χ2n) is 6.29. The van der Waals surface area contributed by atoms with Gasteiger partial charge in [-0.25, -0.2) is 4.98 Å². The molecule has 1 fully saturated rings. The number of allylic oxidation sites excluding steroid dienone is 1. The van der Waals surface area contributed by atoms with E-state index in [9.17, 15) is 4.79 Å². The van der Waals surface area contributed by atoms with E-state index in [1.54, 1.807) is 18.5 Å². The number of amides is 1. The maximum atomic E-state index is 11.6. The van der Waals surface area contributed by atoms with Crippen LogP contribution in [0.15, 0.2) is 36.3 Å². The average Bonchev–Trinajstić information content (AvgIpc) is 3.17. The third kappa shape index (κ3) is 5.13. The maximum Gasteiger partial charge on any atom is 0.254 e. The molecular weight excluding hydrogens is 360 g/mol. The molecule has 10 nitrogen and oxygen atoms in total. The highest BCUT2D eigenvalue weighted by molar-refractivity contribution is 5.97. The Bertz CT molecular complexity index is 842. The molecule has 0 bridgehead atoms. The number of hydrogen-bond acceptors (Lipinski definition) is 8. The van der Waals surface area contributed by atoms with Crippen LogP contribution in [0.5, 0.6) is 0 Å². The zero-order chi connectivity index (χ0) is 19.8. The summed E-state index contributed by atoms with van der Waals surface area (Å²) >= 11 is 0. The summed E-state index contributed by atoms with van der Waals surface area (Å²) in [5.74, 6) is -0.0975. The Morgan fingerprint density at radius 1 is 1.39 bits per heavy atom. The molecule has 0 saturated carbocycles. The Labute approximate surface area is 162 Å². The van der Waals surface area contributed by atoms with Gasteiger partial charge in [-0.15, -0.1) is 6.58 Å². The largest absolute Gasteiger partial charge is 0.381 e. The van der Waals surface area contributed by atoms with Crippen molar-refractivity contribution in [3.8, 4) is 0 Å². The zero-order valence-corrected chi connectivity index (χ0v) is 15.5. The molecular formula is C18H24N8O2. The average molecular weight is 384 g/mol. The first-order valence-electron chi connectivity index (χ1n) is 9.11. The van der Waals surface area contributed by atoms with Gasteiger partial charge in [0.1, 0.15) is 5.56 Å². The minimum Gasteiger partial charge on any atom is -0.381 e. The molecule has 3 heterocycles. The fraction of sp³-hybridized carbons (Fsp3) is 0.389. The molecule has 4 N–H and O–H groups in total. The first-order chi connectivity index (χ1) is 13.7. The van der Waals surface area contributed by atoms with Gasteiger partial charge < -0.3 is 15.8 Å². The highest BCUT2D eigenvalue weighted by Gasteiger charge is 2.17. The number of primary amides is 1. The lowest BCUT2D eigenvalue weighted by atomic mass is 10.1. The van der Waals surface area contributed by atoms with Gasteiger partial charge in [-0.1, -0.05) is 6.08 Å². The fourth-order valence-electron chi connectivity index (χ4n) is 2.75. The van der Waals surface area contributed by atoms with Crippen molar-refractivity contribution in [2.75, 3.05) is 24.0 Å². The predicted octanol–water partition coefficient (Wildman–Crippen LogP) is 2.23. The lowest BCUT2D eigenvalue weighted by molar-refractivity contribution is 0.0662. The van der Waals surface area contributed by atoms with E-state index in [-0.39, 0.29) is 11.4 Å². The number of nitrogens with two attached hydrogens (primary N) is 1. The summed E-state index contributed by atoms with van der Waals surface area (Å²) < 4.78 is 7.31. The van der Waals surface area contributed by atoms with Crippen molar-refractivity contribution in [2.45, 2.75) is 31.7 Å². The van der Waals surface area contributed by atoms with Crippen molar-refractivity contribution >= 4 is 29.6 Å². The van der Waals surface area contributed by atoms with E-state index >= 15 is 0 Å². The van der Waals surface area contributed by atoms with Crippen LogP contribution >= 0.6 is 0 Å². The molecule has 3 rings (SSSR count). The Morgan fingerprint density at radius 3 is 2.96 bits per heavy atom. The van der Waals surface area contributed by atoms with Crippen molar-refractivity contribution in [3.63, 3.8) is 0 Å². The van der Waals surface area contributed by atoms with E-state index in [1.165, 1.54) is 6.20 Å². The summed E-state index contributed by atoms with van der Waals surface area (Å²) in [6, 6.07) is 0.324. The Morgan fingerprint density at radius 2 is 2.21 bits per heavy atom. The number of aromatic nitrogens is 4. The van der Waals surface area contributed by atoms with Crippen molar-refractivity contribution in [3.05, 3.63) is 36.8 Å². The first-order valence-corrected chi connectivity index (χ1v) is 9.11. The van der Waals surface area contributed by atoms with Gasteiger partial charge >= 0.3 is 0 Å².